The van der Waals surface area contributed by atoms with Crippen molar-refractivity contribution in [3.05, 3.63) is 5.89 Å². The first-order chi connectivity index (χ1) is 8.70. The van der Waals surface area contributed by atoms with E-state index in [1.165, 1.54) is 0 Å². The molecular formula is C12H22N4O2. The largest absolute Gasteiger partial charge is 0.406 e. The summed E-state index contributed by atoms with van der Waals surface area (Å²) in [5.41, 5.74) is 0. The summed E-state index contributed by atoms with van der Waals surface area (Å²) in [6.45, 7) is 6.64. The molecule has 1 aliphatic rings. The molecule has 0 saturated carbocycles. The molecule has 1 atom stereocenters. The zero-order valence-electron chi connectivity index (χ0n) is 11.1. The molecule has 0 aliphatic carbocycles. The lowest BCUT2D eigenvalue weighted by atomic mass is 10.1. The second kappa shape index (κ2) is 6.15. The van der Waals surface area contributed by atoms with E-state index in [2.05, 4.69) is 22.4 Å². The van der Waals surface area contributed by atoms with E-state index >= 15 is 0 Å². The maximum atomic E-state index is 9.46. The number of aliphatic hydroxyl groups excluding tert-OH is 1. The number of aromatic nitrogens is 2. The van der Waals surface area contributed by atoms with Gasteiger partial charge in [0.15, 0.2) is 0 Å². The third-order valence-corrected chi connectivity index (χ3v) is 3.24. The molecule has 18 heavy (non-hydrogen) atoms. The fourth-order valence-electron chi connectivity index (χ4n) is 2.03. The van der Waals surface area contributed by atoms with Crippen LogP contribution in [0.2, 0.25) is 0 Å². The molecule has 0 aromatic carbocycles. The van der Waals surface area contributed by atoms with Gasteiger partial charge in [-0.3, -0.25) is 0 Å². The van der Waals surface area contributed by atoms with Gasteiger partial charge >= 0.3 is 6.01 Å². The SMILES string of the molecule is CCCNC(C)c1nnc(N2CCC(O)CC2)o1. The molecule has 6 nitrogen and oxygen atoms in total. The van der Waals surface area contributed by atoms with E-state index in [-0.39, 0.29) is 12.1 Å². The van der Waals surface area contributed by atoms with Crippen LogP contribution in [0.3, 0.4) is 0 Å². The number of hydrogen-bond donors (Lipinski definition) is 2. The number of hydrogen-bond acceptors (Lipinski definition) is 6. The van der Waals surface area contributed by atoms with Crippen LogP contribution in [0.15, 0.2) is 4.42 Å². The van der Waals surface area contributed by atoms with E-state index in [9.17, 15) is 5.11 Å². The van der Waals surface area contributed by atoms with E-state index in [0.717, 1.165) is 38.9 Å². The van der Waals surface area contributed by atoms with Crippen LogP contribution in [0.25, 0.3) is 0 Å². The van der Waals surface area contributed by atoms with E-state index in [0.29, 0.717) is 11.9 Å². The summed E-state index contributed by atoms with van der Waals surface area (Å²) in [6, 6.07) is 0.656. The Kier molecular flexibility index (Phi) is 4.54. The van der Waals surface area contributed by atoms with Crippen molar-refractivity contribution >= 4 is 6.01 Å². The third kappa shape index (κ3) is 3.20. The Hall–Kier alpha value is -1.14. The average molecular weight is 254 g/mol. The van der Waals surface area contributed by atoms with Crippen LogP contribution in [0.5, 0.6) is 0 Å². The van der Waals surface area contributed by atoms with Crippen molar-refractivity contribution in [3.63, 3.8) is 0 Å². The lowest BCUT2D eigenvalue weighted by Crippen LogP contribution is -2.36. The van der Waals surface area contributed by atoms with Crippen LogP contribution in [-0.4, -0.2) is 41.0 Å². The number of anilines is 1. The Morgan fingerprint density at radius 3 is 2.83 bits per heavy atom. The molecule has 1 saturated heterocycles. The minimum Gasteiger partial charge on any atom is -0.406 e. The summed E-state index contributed by atoms with van der Waals surface area (Å²) < 4.78 is 5.68. The maximum absolute atomic E-state index is 9.46. The molecule has 102 valence electrons. The molecule has 1 aromatic heterocycles. The number of nitrogens with zero attached hydrogens (tertiary/aromatic N) is 3. The number of rotatable bonds is 5. The van der Waals surface area contributed by atoms with Gasteiger partial charge in [-0.2, -0.15) is 0 Å². The van der Waals surface area contributed by atoms with E-state index < -0.39 is 0 Å². The zero-order valence-corrected chi connectivity index (χ0v) is 11.1. The number of piperidine rings is 1. The van der Waals surface area contributed by atoms with Crippen LogP contribution < -0.4 is 10.2 Å². The first-order valence-electron chi connectivity index (χ1n) is 6.70. The van der Waals surface area contributed by atoms with Gasteiger partial charge < -0.3 is 19.7 Å². The van der Waals surface area contributed by atoms with Crippen molar-refractivity contribution in [3.8, 4) is 0 Å². The van der Waals surface area contributed by atoms with Crippen LogP contribution >= 0.6 is 0 Å². The van der Waals surface area contributed by atoms with Gasteiger partial charge in [-0.05, 0) is 32.7 Å². The fourth-order valence-corrected chi connectivity index (χ4v) is 2.03. The van der Waals surface area contributed by atoms with Crippen LogP contribution in [0, 0.1) is 0 Å². The van der Waals surface area contributed by atoms with Gasteiger partial charge in [0, 0.05) is 13.1 Å². The molecular weight excluding hydrogens is 232 g/mol. The van der Waals surface area contributed by atoms with Gasteiger partial charge in [-0.1, -0.05) is 12.0 Å². The predicted molar refractivity (Wildman–Crippen MR) is 68.5 cm³/mol. The fraction of sp³-hybridized carbons (Fsp3) is 0.833. The second-order valence-electron chi connectivity index (χ2n) is 4.82. The second-order valence-corrected chi connectivity index (χ2v) is 4.82. The van der Waals surface area contributed by atoms with Crippen molar-refractivity contribution in [2.45, 2.75) is 45.3 Å². The molecule has 1 unspecified atom stereocenters. The molecule has 2 rings (SSSR count). The summed E-state index contributed by atoms with van der Waals surface area (Å²) in [6.07, 6.45) is 2.42. The van der Waals surface area contributed by atoms with Crippen molar-refractivity contribution in [2.75, 3.05) is 24.5 Å². The van der Waals surface area contributed by atoms with Gasteiger partial charge in [0.25, 0.3) is 0 Å². The summed E-state index contributed by atoms with van der Waals surface area (Å²) in [4.78, 5) is 2.04. The first-order valence-corrected chi connectivity index (χ1v) is 6.70. The lowest BCUT2D eigenvalue weighted by Gasteiger charge is -2.27. The van der Waals surface area contributed by atoms with E-state index in [4.69, 9.17) is 4.42 Å². The number of nitrogens with one attached hydrogen (secondary N) is 1. The Morgan fingerprint density at radius 1 is 1.44 bits per heavy atom. The van der Waals surface area contributed by atoms with Crippen molar-refractivity contribution < 1.29 is 9.52 Å². The van der Waals surface area contributed by atoms with Crippen molar-refractivity contribution in [1.82, 2.24) is 15.5 Å². The minimum absolute atomic E-state index is 0.0848. The average Bonchev–Trinajstić information content (AvgIpc) is 2.86. The zero-order chi connectivity index (χ0) is 13.0. The molecule has 2 heterocycles. The highest BCUT2D eigenvalue weighted by Crippen LogP contribution is 2.21. The van der Waals surface area contributed by atoms with Crippen LogP contribution in [-0.2, 0) is 0 Å². The highest BCUT2D eigenvalue weighted by molar-refractivity contribution is 5.25. The summed E-state index contributed by atoms with van der Waals surface area (Å²) >= 11 is 0. The van der Waals surface area contributed by atoms with Gasteiger partial charge in [0.05, 0.1) is 12.1 Å². The van der Waals surface area contributed by atoms with E-state index in [1.54, 1.807) is 0 Å². The van der Waals surface area contributed by atoms with Crippen molar-refractivity contribution in [1.29, 1.82) is 0 Å². The number of aliphatic hydroxyl groups is 1. The Labute approximate surface area is 107 Å². The Balaban J connectivity index is 1.93. The van der Waals surface area contributed by atoms with Gasteiger partial charge in [-0.25, -0.2) is 0 Å². The Bertz CT molecular complexity index is 361. The quantitative estimate of drug-likeness (QED) is 0.819. The van der Waals surface area contributed by atoms with E-state index in [1.807, 2.05) is 11.8 Å². The summed E-state index contributed by atoms with van der Waals surface area (Å²) in [5, 5.41) is 20.9. The molecule has 0 spiro atoms. The smallest absolute Gasteiger partial charge is 0.318 e. The summed E-state index contributed by atoms with van der Waals surface area (Å²) in [5.74, 6) is 0.629. The van der Waals surface area contributed by atoms with Crippen molar-refractivity contribution in [2.24, 2.45) is 0 Å². The topological polar surface area (TPSA) is 74.4 Å². The lowest BCUT2D eigenvalue weighted by molar-refractivity contribution is 0.144. The summed E-state index contributed by atoms with van der Waals surface area (Å²) in [7, 11) is 0. The molecule has 2 N–H and O–H groups in total. The van der Waals surface area contributed by atoms with Gasteiger partial charge in [-0.15, -0.1) is 5.10 Å². The maximum Gasteiger partial charge on any atom is 0.318 e. The third-order valence-electron chi connectivity index (χ3n) is 3.24. The molecule has 0 radical (unpaired) electrons. The standard InChI is InChI=1S/C12H22N4O2/c1-3-6-13-9(2)11-14-15-12(18-11)16-7-4-10(17)5-8-16/h9-10,13,17H,3-8H2,1-2H3. The van der Waals surface area contributed by atoms with Crippen LogP contribution in [0.4, 0.5) is 6.01 Å². The molecule has 1 aromatic rings. The highest BCUT2D eigenvalue weighted by Gasteiger charge is 2.22. The minimum atomic E-state index is -0.186. The monoisotopic (exact) mass is 254 g/mol. The molecule has 6 heteroatoms. The van der Waals surface area contributed by atoms with Gasteiger partial charge in [0.1, 0.15) is 0 Å². The molecule has 0 amide bonds. The molecule has 1 fully saturated rings. The molecule has 1 aliphatic heterocycles. The first kappa shape index (κ1) is 13.3. The normalized spacial score (nSPS) is 19.2. The van der Waals surface area contributed by atoms with Gasteiger partial charge in [0.2, 0.25) is 5.89 Å². The predicted octanol–water partition coefficient (Wildman–Crippen LogP) is 1.09. The highest BCUT2D eigenvalue weighted by atomic mass is 16.4. The molecule has 0 bridgehead atoms. The Morgan fingerprint density at radius 2 is 2.17 bits per heavy atom. The van der Waals surface area contributed by atoms with Crippen LogP contribution in [0.1, 0.15) is 45.0 Å².